The highest BCUT2D eigenvalue weighted by atomic mass is 16.3. The van der Waals surface area contributed by atoms with Crippen LogP contribution in [0.5, 0.6) is 0 Å². The van der Waals surface area contributed by atoms with Crippen LogP contribution < -0.4 is 5.73 Å². The van der Waals surface area contributed by atoms with Crippen LogP contribution in [0.3, 0.4) is 0 Å². The molecule has 0 unspecified atom stereocenters. The van der Waals surface area contributed by atoms with Gasteiger partial charge in [0.25, 0.3) is 0 Å². The highest BCUT2D eigenvalue weighted by molar-refractivity contribution is 5.78. The van der Waals surface area contributed by atoms with E-state index in [-0.39, 0.29) is 5.91 Å². The molecule has 4 nitrogen and oxygen atoms in total. The molecule has 1 saturated heterocycles. The monoisotopic (exact) mass is 212 g/mol. The highest BCUT2D eigenvalue weighted by Gasteiger charge is 2.53. The minimum Gasteiger partial charge on any atom is -0.386 e. The van der Waals surface area contributed by atoms with Crippen LogP contribution >= 0.6 is 0 Å². The minimum absolute atomic E-state index is 0.0628. The number of hydrogen-bond donors (Lipinski definition) is 2. The van der Waals surface area contributed by atoms with E-state index < -0.39 is 11.1 Å². The molecule has 0 radical (unpaired) electrons. The van der Waals surface area contributed by atoms with Crippen molar-refractivity contribution in [2.75, 3.05) is 13.1 Å². The number of rotatable bonds is 3. The molecule has 1 aliphatic carbocycles. The summed E-state index contributed by atoms with van der Waals surface area (Å²) in [4.78, 5) is 13.4. The summed E-state index contributed by atoms with van der Waals surface area (Å²) < 4.78 is 0. The van der Waals surface area contributed by atoms with Gasteiger partial charge in [-0.15, -0.1) is 0 Å². The molecule has 1 aliphatic heterocycles. The predicted octanol–water partition coefficient (Wildman–Crippen LogP) is 0.0971. The number of nitrogens with two attached hydrogens (primary N) is 1. The third kappa shape index (κ3) is 2.32. The van der Waals surface area contributed by atoms with Crippen molar-refractivity contribution in [2.24, 2.45) is 11.7 Å². The molecular formula is C11H20N2O2. The second-order valence-corrected chi connectivity index (χ2v) is 5.79. The van der Waals surface area contributed by atoms with E-state index in [1.165, 1.54) is 0 Å². The van der Waals surface area contributed by atoms with Crippen molar-refractivity contribution in [1.29, 1.82) is 0 Å². The molecule has 0 aromatic carbocycles. The summed E-state index contributed by atoms with van der Waals surface area (Å²) in [7, 11) is 0. The molecule has 86 valence electrons. The summed E-state index contributed by atoms with van der Waals surface area (Å²) in [6, 6.07) is 0. The van der Waals surface area contributed by atoms with Crippen LogP contribution in [0.1, 0.15) is 33.1 Å². The molecule has 0 spiro atoms. The number of amides is 1. The van der Waals surface area contributed by atoms with E-state index in [1.807, 2.05) is 13.8 Å². The van der Waals surface area contributed by atoms with Gasteiger partial charge in [0.15, 0.2) is 0 Å². The Labute approximate surface area is 90.4 Å². The summed E-state index contributed by atoms with van der Waals surface area (Å²) in [5.74, 6) is 0.500. The van der Waals surface area contributed by atoms with Gasteiger partial charge in [-0.3, -0.25) is 4.79 Å². The summed E-state index contributed by atoms with van der Waals surface area (Å²) >= 11 is 0. The maximum atomic E-state index is 11.7. The first kappa shape index (κ1) is 10.9. The first-order valence-corrected chi connectivity index (χ1v) is 5.59. The van der Waals surface area contributed by atoms with Gasteiger partial charge >= 0.3 is 0 Å². The van der Waals surface area contributed by atoms with E-state index in [0.29, 0.717) is 25.4 Å². The fraction of sp³-hybridized carbons (Fsp3) is 0.909. The van der Waals surface area contributed by atoms with Crippen molar-refractivity contribution in [3.63, 3.8) is 0 Å². The zero-order chi connectivity index (χ0) is 11.3. The van der Waals surface area contributed by atoms with Gasteiger partial charge < -0.3 is 15.7 Å². The van der Waals surface area contributed by atoms with Crippen LogP contribution in [-0.4, -0.2) is 40.1 Å². The molecule has 1 amide bonds. The van der Waals surface area contributed by atoms with Crippen molar-refractivity contribution < 1.29 is 9.90 Å². The molecule has 0 atom stereocenters. The lowest BCUT2D eigenvalue weighted by Crippen LogP contribution is -2.65. The standard InChI is InChI=1S/C11H20N2O2/c1-10(2,12)5-9(14)13-6-11(15,7-13)8-3-4-8/h8,15H,3-7,12H2,1-2H3. The van der Waals surface area contributed by atoms with Crippen LogP contribution in [-0.2, 0) is 4.79 Å². The summed E-state index contributed by atoms with van der Waals surface area (Å²) in [5.41, 5.74) is 4.75. The number of carbonyl (C=O) groups is 1. The average Bonchev–Trinajstić information content (AvgIpc) is 2.76. The van der Waals surface area contributed by atoms with Crippen molar-refractivity contribution >= 4 is 5.91 Å². The van der Waals surface area contributed by atoms with Gasteiger partial charge in [0.2, 0.25) is 5.91 Å². The lowest BCUT2D eigenvalue weighted by Gasteiger charge is -2.47. The van der Waals surface area contributed by atoms with Crippen LogP contribution in [0, 0.1) is 5.92 Å². The second kappa shape index (κ2) is 3.19. The van der Waals surface area contributed by atoms with Crippen molar-refractivity contribution in [2.45, 2.75) is 44.2 Å². The normalized spacial score (nSPS) is 24.9. The number of hydrogen-bond acceptors (Lipinski definition) is 3. The Kier molecular flexibility index (Phi) is 2.32. The molecule has 2 fully saturated rings. The molecule has 2 rings (SSSR count). The van der Waals surface area contributed by atoms with E-state index in [1.54, 1.807) is 4.90 Å². The quantitative estimate of drug-likeness (QED) is 0.697. The molecule has 4 heteroatoms. The zero-order valence-corrected chi connectivity index (χ0v) is 9.49. The first-order chi connectivity index (χ1) is 6.80. The topological polar surface area (TPSA) is 66.6 Å². The number of aliphatic hydroxyl groups is 1. The van der Waals surface area contributed by atoms with Crippen LogP contribution in [0.4, 0.5) is 0 Å². The van der Waals surface area contributed by atoms with Crippen LogP contribution in [0.2, 0.25) is 0 Å². The van der Waals surface area contributed by atoms with Gasteiger partial charge in [-0.1, -0.05) is 0 Å². The lowest BCUT2D eigenvalue weighted by molar-refractivity contribution is -0.160. The molecule has 15 heavy (non-hydrogen) atoms. The van der Waals surface area contributed by atoms with Crippen molar-refractivity contribution in [3.05, 3.63) is 0 Å². The molecule has 1 saturated carbocycles. The minimum atomic E-state index is -0.575. The molecule has 0 aromatic heterocycles. The van der Waals surface area contributed by atoms with Gasteiger partial charge in [-0.25, -0.2) is 0 Å². The first-order valence-electron chi connectivity index (χ1n) is 5.59. The Balaban J connectivity index is 1.81. The Morgan fingerprint density at radius 3 is 2.47 bits per heavy atom. The van der Waals surface area contributed by atoms with Gasteiger partial charge in [-0.05, 0) is 32.6 Å². The third-order valence-corrected chi connectivity index (χ3v) is 3.23. The van der Waals surface area contributed by atoms with E-state index in [2.05, 4.69) is 0 Å². The Bertz CT molecular complexity index is 273. The Morgan fingerprint density at radius 2 is 2.07 bits per heavy atom. The number of nitrogens with zero attached hydrogens (tertiary/aromatic N) is 1. The Morgan fingerprint density at radius 1 is 1.53 bits per heavy atom. The number of likely N-dealkylation sites (tertiary alicyclic amines) is 1. The maximum Gasteiger partial charge on any atom is 0.224 e. The van der Waals surface area contributed by atoms with Gasteiger partial charge in [-0.2, -0.15) is 0 Å². The third-order valence-electron chi connectivity index (χ3n) is 3.23. The molecule has 0 aromatic rings. The second-order valence-electron chi connectivity index (χ2n) is 5.79. The van der Waals surface area contributed by atoms with Crippen molar-refractivity contribution in [3.8, 4) is 0 Å². The SMILES string of the molecule is CC(C)(N)CC(=O)N1CC(O)(C2CC2)C1. The van der Waals surface area contributed by atoms with Gasteiger partial charge in [0, 0.05) is 12.0 Å². The van der Waals surface area contributed by atoms with Crippen molar-refractivity contribution in [1.82, 2.24) is 4.90 Å². The van der Waals surface area contributed by atoms with Gasteiger partial charge in [0.1, 0.15) is 5.60 Å². The van der Waals surface area contributed by atoms with Crippen LogP contribution in [0.25, 0.3) is 0 Å². The largest absolute Gasteiger partial charge is 0.386 e. The smallest absolute Gasteiger partial charge is 0.224 e. The number of β-amino-alcohol motifs (C(OH)–C–C–N with tert-alkyl or cyclic N) is 1. The summed E-state index contributed by atoms with van der Waals surface area (Å²) in [5, 5.41) is 10.0. The van der Waals surface area contributed by atoms with Gasteiger partial charge in [0.05, 0.1) is 13.1 Å². The summed E-state index contributed by atoms with van der Waals surface area (Å²) in [6.07, 6.45) is 2.58. The molecular weight excluding hydrogens is 192 g/mol. The number of carbonyl (C=O) groups excluding carboxylic acids is 1. The maximum absolute atomic E-state index is 11.7. The fourth-order valence-corrected chi connectivity index (χ4v) is 2.17. The van der Waals surface area contributed by atoms with Crippen LogP contribution in [0.15, 0.2) is 0 Å². The van der Waals surface area contributed by atoms with E-state index >= 15 is 0 Å². The lowest BCUT2D eigenvalue weighted by atomic mass is 9.87. The molecule has 3 N–H and O–H groups in total. The predicted molar refractivity (Wildman–Crippen MR) is 57.1 cm³/mol. The van der Waals surface area contributed by atoms with E-state index in [0.717, 1.165) is 12.8 Å². The fourth-order valence-electron chi connectivity index (χ4n) is 2.17. The van der Waals surface area contributed by atoms with E-state index in [4.69, 9.17) is 5.73 Å². The summed E-state index contributed by atoms with van der Waals surface area (Å²) in [6.45, 7) is 4.70. The Hall–Kier alpha value is -0.610. The molecule has 1 heterocycles. The molecule has 2 aliphatic rings. The zero-order valence-electron chi connectivity index (χ0n) is 9.49. The highest BCUT2D eigenvalue weighted by Crippen LogP contribution is 2.44. The molecule has 0 bridgehead atoms. The average molecular weight is 212 g/mol. The van der Waals surface area contributed by atoms with E-state index in [9.17, 15) is 9.90 Å².